The minimum atomic E-state index is 0.459. The molecule has 0 atom stereocenters. The van der Waals surface area contributed by atoms with Crippen LogP contribution in [0, 0.1) is 11.5 Å². The molecular formula is C3H2N3S. The molecule has 1 aliphatic heterocycles. The Morgan fingerprint density at radius 3 is 3.14 bits per heavy atom. The number of nitrogens with zero attached hydrogens (tertiary/aromatic N) is 3. The molecule has 0 saturated carbocycles. The molecule has 7 heavy (non-hydrogen) atoms. The van der Waals surface area contributed by atoms with Crippen LogP contribution >= 0.6 is 11.9 Å². The van der Waals surface area contributed by atoms with Crippen molar-refractivity contribution in [1.29, 1.82) is 5.26 Å². The number of aliphatic imine (C=N–C) groups is 1. The van der Waals surface area contributed by atoms with Crippen molar-refractivity contribution in [2.45, 2.75) is 0 Å². The van der Waals surface area contributed by atoms with Crippen LogP contribution in [-0.4, -0.2) is 16.5 Å². The molecular weight excluding hydrogens is 110 g/mol. The first-order valence-electron chi connectivity index (χ1n) is 1.69. The monoisotopic (exact) mass is 112 g/mol. The average Bonchev–Trinajstić information content (AvgIpc) is 2.14. The fraction of sp³-hybridized carbons (Fsp3) is 0.333. The summed E-state index contributed by atoms with van der Waals surface area (Å²) in [5, 5.41) is 8.12. The van der Waals surface area contributed by atoms with Gasteiger partial charge in [-0.05, 0) is 0 Å². The molecule has 0 amide bonds. The molecule has 0 unspecified atom stereocenters. The zero-order chi connectivity index (χ0) is 5.11. The number of nitriles is 1. The molecule has 3 nitrogen and oxygen atoms in total. The van der Waals surface area contributed by atoms with Gasteiger partial charge in [0.25, 0.3) is 0 Å². The van der Waals surface area contributed by atoms with Crippen molar-refractivity contribution in [3.05, 3.63) is 0 Å². The summed E-state index contributed by atoms with van der Waals surface area (Å²) >= 11 is 1.20. The Labute approximate surface area is 45.8 Å². The van der Waals surface area contributed by atoms with Crippen LogP contribution in [0.3, 0.4) is 0 Å². The first-order chi connectivity index (χ1) is 3.43. The van der Waals surface area contributed by atoms with Gasteiger partial charge in [0.15, 0.2) is 6.19 Å². The van der Waals surface area contributed by atoms with Crippen LogP contribution in [0.25, 0.3) is 0 Å². The van der Waals surface area contributed by atoms with Gasteiger partial charge in [0, 0.05) is 11.9 Å². The van der Waals surface area contributed by atoms with E-state index in [9.17, 15) is 0 Å². The normalized spacial score (nSPS) is 17.3. The SMILES string of the molecule is N#CN1CN=[C]S1. The van der Waals surface area contributed by atoms with Crippen LogP contribution in [0.5, 0.6) is 0 Å². The van der Waals surface area contributed by atoms with E-state index >= 15 is 0 Å². The molecule has 0 bridgehead atoms. The smallest absolute Gasteiger partial charge is 0.192 e. The molecule has 0 aromatic carbocycles. The summed E-state index contributed by atoms with van der Waals surface area (Å²) in [6.07, 6.45) is 1.90. The van der Waals surface area contributed by atoms with Crippen molar-refractivity contribution >= 4 is 17.5 Å². The van der Waals surface area contributed by atoms with E-state index < -0.39 is 0 Å². The lowest BCUT2D eigenvalue weighted by molar-refractivity contribution is 0.680. The Hall–Kier alpha value is -0.690. The van der Waals surface area contributed by atoms with Gasteiger partial charge in [-0.3, -0.25) is 4.99 Å². The van der Waals surface area contributed by atoms with E-state index in [4.69, 9.17) is 5.26 Å². The number of hydrogen-bond donors (Lipinski definition) is 0. The van der Waals surface area contributed by atoms with Gasteiger partial charge in [-0.15, -0.1) is 0 Å². The minimum absolute atomic E-state index is 0.459. The molecule has 1 radical (unpaired) electrons. The predicted octanol–water partition coefficient (Wildman–Crippen LogP) is 0.294. The second-order valence-electron chi connectivity index (χ2n) is 0.961. The van der Waals surface area contributed by atoms with Crippen molar-refractivity contribution in [2.24, 2.45) is 4.99 Å². The number of hydrogen-bond acceptors (Lipinski definition) is 4. The zero-order valence-electron chi connectivity index (χ0n) is 3.46. The van der Waals surface area contributed by atoms with Gasteiger partial charge in [-0.1, -0.05) is 0 Å². The van der Waals surface area contributed by atoms with E-state index in [0.29, 0.717) is 6.67 Å². The third-order valence-corrected chi connectivity index (χ3v) is 1.15. The van der Waals surface area contributed by atoms with Crippen LogP contribution in [0.1, 0.15) is 0 Å². The molecule has 1 heterocycles. The van der Waals surface area contributed by atoms with Crippen molar-refractivity contribution in [3.63, 3.8) is 0 Å². The highest BCUT2D eigenvalue weighted by molar-refractivity contribution is 8.10. The predicted molar refractivity (Wildman–Crippen MR) is 27.3 cm³/mol. The van der Waals surface area contributed by atoms with E-state index in [0.717, 1.165) is 0 Å². The summed E-state index contributed by atoms with van der Waals surface area (Å²) in [5.74, 6) is 0. The Morgan fingerprint density at radius 2 is 2.86 bits per heavy atom. The van der Waals surface area contributed by atoms with E-state index in [1.54, 1.807) is 0 Å². The molecule has 35 valence electrons. The van der Waals surface area contributed by atoms with Gasteiger partial charge in [0.1, 0.15) is 12.2 Å². The summed E-state index contributed by atoms with van der Waals surface area (Å²) in [7, 11) is 0. The lowest BCUT2D eigenvalue weighted by atomic mass is 11.0. The molecule has 0 spiro atoms. The Kier molecular flexibility index (Phi) is 1.18. The zero-order valence-corrected chi connectivity index (χ0v) is 4.27. The standard InChI is InChI=1S/C3H2N3S/c4-1-6-2-5-3-7-6/h2H2. The van der Waals surface area contributed by atoms with Crippen molar-refractivity contribution in [3.8, 4) is 6.19 Å². The third kappa shape index (κ3) is 0.842. The summed E-state index contributed by atoms with van der Waals surface area (Å²) in [5.41, 5.74) is 2.57. The highest BCUT2D eigenvalue weighted by atomic mass is 32.2. The molecule has 0 aliphatic carbocycles. The average molecular weight is 112 g/mol. The molecule has 0 aromatic rings. The molecule has 0 saturated heterocycles. The van der Waals surface area contributed by atoms with E-state index in [-0.39, 0.29) is 0 Å². The van der Waals surface area contributed by atoms with Crippen LogP contribution in [0.15, 0.2) is 4.99 Å². The Bertz CT molecular complexity index is 117. The van der Waals surface area contributed by atoms with Crippen LogP contribution < -0.4 is 0 Å². The number of rotatable bonds is 0. The summed E-state index contributed by atoms with van der Waals surface area (Å²) in [6.45, 7) is 0.459. The van der Waals surface area contributed by atoms with Gasteiger partial charge in [-0.2, -0.15) is 5.26 Å². The molecule has 0 fully saturated rings. The van der Waals surface area contributed by atoms with Gasteiger partial charge in [-0.25, -0.2) is 4.31 Å². The quantitative estimate of drug-likeness (QED) is 0.334. The maximum Gasteiger partial charge on any atom is 0.192 e. The van der Waals surface area contributed by atoms with E-state index in [1.807, 2.05) is 6.19 Å². The first-order valence-corrected chi connectivity index (χ1v) is 2.46. The summed E-state index contributed by atoms with van der Waals surface area (Å²) in [6, 6.07) is 0. The van der Waals surface area contributed by atoms with Gasteiger partial charge in [0.05, 0.1) is 0 Å². The molecule has 1 rings (SSSR count). The van der Waals surface area contributed by atoms with Crippen LogP contribution in [0.2, 0.25) is 0 Å². The van der Waals surface area contributed by atoms with Gasteiger partial charge >= 0.3 is 0 Å². The molecule has 0 N–H and O–H groups in total. The largest absolute Gasteiger partial charge is 0.251 e. The van der Waals surface area contributed by atoms with Crippen molar-refractivity contribution in [1.82, 2.24) is 4.31 Å². The Balaban J connectivity index is 2.39. The highest BCUT2D eigenvalue weighted by Crippen LogP contribution is 2.09. The van der Waals surface area contributed by atoms with Gasteiger partial charge < -0.3 is 0 Å². The second kappa shape index (κ2) is 1.85. The van der Waals surface area contributed by atoms with Gasteiger partial charge in [0.2, 0.25) is 0 Å². The highest BCUT2D eigenvalue weighted by Gasteiger charge is 2.03. The fourth-order valence-corrected chi connectivity index (χ4v) is 0.622. The molecule has 0 aromatic heterocycles. The van der Waals surface area contributed by atoms with Crippen LogP contribution in [0.4, 0.5) is 0 Å². The van der Waals surface area contributed by atoms with E-state index in [1.165, 1.54) is 16.3 Å². The molecule has 4 heteroatoms. The lowest BCUT2D eigenvalue weighted by Gasteiger charge is -1.95. The van der Waals surface area contributed by atoms with Crippen molar-refractivity contribution < 1.29 is 0 Å². The van der Waals surface area contributed by atoms with Crippen LogP contribution in [-0.2, 0) is 0 Å². The lowest BCUT2D eigenvalue weighted by Crippen LogP contribution is -2.00. The third-order valence-electron chi connectivity index (χ3n) is 0.526. The summed E-state index contributed by atoms with van der Waals surface area (Å²) < 4.78 is 1.43. The van der Waals surface area contributed by atoms with E-state index in [2.05, 4.69) is 10.5 Å². The second-order valence-corrected chi connectivity index (χ2v) is 1.77. The topological polar surface area (TPSA) is 39.4 Å². The summed E-state index contributed by atoms with van der Waals surface area (Å²) in [4.78, 5) is 3.65. The fourth-order valence-electron chi connectivity index (χ4n) is 0.252. The van der Waals surface area contributed by atoms with Crippen molar-refractivity contribution in [2.75, 3.05) is 6.67 Å². The minimum Gasteiger partial charge on any atom is -0.251 e. The Morgan fingerprint density at radius 1 is 2.00 bits per heavy atom. The maximum absolute atomic E-state index is 8.12. The molecule has 1 aliphatic rings. The maximum atomic E-state index is 8.12. The first kappa shape index (κ1) is 4.47.